The minimum Gasteiger partial charge on any atom is -0.358 e. The molecule has 2 heterocycles. The molecule has 0 aliphatic heterocycles. The monoisotopic (exact) mass is 163 g/mol. The third kappa shape index (κ3) is 0.958. The molecule has 0 atom stereocenters. The zero-order chi connectivity index (χ0) is 8.55. The molecule has 0 N–H and O–H groups in total. The second-order valence-electron chi connectivity index (χ2n) is 2.97. The Bertz CT molecular complexity index is 394. The van der Waals surface area contributed by atoms with Gasteiger partial charge in [-0.15, -0.1) is 5.10 Å². The van der Waals surface area contributed by atoms with Gasteiger partial charge in [-0.1, -0.05) is 19.0 Å². The van der Waals surface area contributed by atoms with Crippen molar-refractivity contribution in [2.45, 2.75) is 19.8 Å². The van der Waals surface area contributed by atoms with Crippen molar-refractivity contribution in [1.29, 1.82) is 0 Å². The van der Waals surface area contributed by atoms with E-state index in [1.165, 1.54) is 0 Å². The van der Waals surface area contributed by atoms with Crippen LogP contribution in [0.25, 0.3) is 11.0 Å². The molecule has 0 aliphatic rings. The Morgan fingerprint density at radius 2 is 2.25 bits per heavy atom. The maximum atomic E-state index is 5.12. The summed E-state index contributed by atoms with van der Waals surface area (Å²) < 4.78 is 5.12. The lowest BCUT2D eigenvalue weighted by atomic mass is 10.1. The second kappa shape index (κ2) is 2.55. The van der Waals surface area contributed by atoms with E-state index in [4.69, 9.17) is 4.52 Å². The SMILES string of the molecule is CC(C)c1onc2ccnnc12. The van der Waals surface area contributed by atoms with E-state index >= 15 is 0 Å². The molecule has 2 aromatic rings. The van der Waals surface area contributed by atoms with E-state index in [0.29, 0.717) is 5.92 Å². The molecule has 4 heteroatoms. The Hall–Kier alpha value is -1.45. The Morgan fingerprint density at radius 1 is 1.42 bits per heavy atom. The summed E-state index contributed by atoms with van der Waals surface area (Å²) in [6.07, 6.45) is 1.61. The molecule has 0 fully saturated rings. The van der Waals surface area contributed by atoms with Crippen LogP contribution in [0.15, 0.2) is 16.8 Å². The van der Waals surface area contributed by atoms with Crippen molar-refractivity contribution in [2.75, 3.05) is 0 Å². The number of rotatable bonds is 1. The zero-order valence-corrected chi connectivity index (χ0v) is 6.98. The molecule has 4 nitrogen and oxygen atoms in total. The Balaban J connectivity index is 2.70. The Morgan fingerprint density at radius 3 is 3.00 bits per heavy atom. The third-order valence-corrected chi connectivity index (χ3v) is 1.70. The molecule has 0 saturated carbocycles. The molecule has 2 rings (SSSR count). The van der Waals surface area contributed by atoms with Crippen LogP contribution in [0, 0.1) is 0 Å². The molecule has 0 spiro atoms. The smallest absolute Gasteiger partial charge is 0.167 e. The van der Waals surface area contributed by atoms with E-state index in [1.54, 1.807) is 12.3 Å². The minimum atomic E-state index is 0.298. The predicted octanol–water partition coefficient (Wildman–Crippen LogP) is 1.74. The van der Waals surface area contributed by atoms with Crippen molar-refractivity contribution < 1.29 is 4.52 Å². The highest BCUT2D eigenvalue weighted by Crippen LogP contribution is 2.21. The first-order valence-electron chi connectivity index (χ1n) is 3.86. The normalized spacial score (nSPS) is 11.2. The molecule has 0 aromatic carbocycles. The maximum absolute atomic E-state index is 5.12. The number of aromatic nitrogens is 3. The molecule has 0 radical (unpaired) electrons. The lowest BCUT2D eigenvalue weighted by Gasteiger charge is -1.95. The second-order valence-corrected chi connectivity index (χ2v) is 2.97. The molecule has 0 bridgehead atoms. The number of hydrogen-bond acceptors (Lipinski definition) is 4. The summed E-state index contributed by atoms with van der Waals surface area (Å²) in [7, 11) is 0. The Kier molecular flexibility index (Phi) is 1.53. The number of fused-ring (bicyclic) bond motifs is 1. The lowest BCUT2D eigenvalue weighted by molar-refractivity contribution is 0.378. The summed E-state index contributed by atoms with van der Waals surface area (Å²) in [5.74, 6) is 1.10. The summed E-state index contributed by atoms with van der Waals surface area (Å²) in [6.45, 7) is 4.07. The van der Waals surface area contributed by atoms with Gasteiger partial charge in [0.1, 0.15) is 5.52 Å². The molecule has 0 unspecified atom stereocenters. The first kappa shape index (κ1) is 7.21. The van der Waals surface area contributed by atoms with Gasteiger partial charge in [-0.3, -0.25) is 0 Å². The molecule has 0 aliphatic carbocycles. The summed E-state index contributed by atoms with van der Waals surface area (Å²) >= 11 is 0. The molecule has 62 valence electrons. The van der Waals surface area contributed by atoms with Crippen molar-refractivity contribution in [3.05, 3.63) is 18.0 Å². The number of nitrogens with zero attached hydrogens (tertiary/aromatic N) is 3. The van der Waals surface area contributed by atoms with Gasteiger partial charge in [0.25, 0.3) is 0 Å². The van der Waals surface area contributed by atoms with Crippen LogP contribution >= 0.6 is 0 Å². The summed E-state index contributed by atoms with van der Waals surface area (Å²) in [6, 6.07) is 1.79. The molecule has 12 heavy (non-hydrogen) atoms. The fourth-order valence-corrected chi connectivity index (χ4v) is 1.09. The van der Waals surface area contributed by atoms with Crippen LogP contribution in [0.4, 0.5) is 0 Å². The van der Waals surface area contributed by atoms with Gasteiger partial charge in [0.05, 0.1) is 6.20 Å². The fourth-order valence-electron chi connectivity index (χ4n) is 1.09. The minimum absolute atomic E-state index is 0.298. The van der Waals surface area contributed by atoms with E-state index in [9.17, 15) is 0 Å². The quantitative estimate of drug-likeness (QED) is 0.642. The Labute approximate surface area is 69.6 Å². The molecule has 0 saturated heterocycles. The number of hydrogen-bond donors (Lipinski definition) is 0. The van der Waals surface area contributed by atoms with Gasteiger partial charge in [-0.2, -0.15) is 5.10 Å². The first-order valence-corrected chi connectivity index (χ1v) is 3.86. The van der Waals surface area contributed by atoms with E-state index in [-0.39, 0.29) is 0 Å². The van der Waals surface area contributed by atoms with E-state index in [0.717, 1.165) is 16.8 Å². The van der Waals surface area contributed by atoms with Gasteiger partial charge < -0.3 is 4.52 Å². The van der Waals surface area contributed by atoms with Crippen molar-refractivity contribution in [2.24, 2.45) is 0 Å². The highest BCUT2D eigenvalue weighted by atomic mass is 16.5. The van der Waals surface area contributed by atoms with E-state index in [2.05, 4.69) is 15.4 Å². The van der Waals surface area contributed by atoms with Crippen LogP contribution in [-0.2, 0) is 0 Å². The average molecular weight is 163 g/mol. The van der Waals surface area contributed by atoms with Crippen LogP contribution < -0.4 is 0 Å². The lowest BCUT2D eigenvalue weighted by Crippen LogP contribution is -1.87. The van der Waals surface area contributed by atoms with Gasteiger partial charge in [0.2, 0.25) is 0 Å². The third-order valence-electron chi connectivity index (χ3n) is 1.70. The fraction of sp³-hybridized carbons (Fsp3) is 0.375. The topological polar surface area (TPSA) is 51.8 Å². The van der Waals surface area contributed by atoms with Crippen LogP contribution in [0.5, 0.6) is 0 Å². The van der Waals surface area contributed by atoms with Crippen LogP contribution in [-0.4, -0.2) is 15.4 Å². The van der Waals surface area contributed by atoms with Gasteiger partial charge in [0, 0.05) is 5.92 Å². The molecule has 0 amide bonds. The summed E-state index contributed by atoms with van der Waals surface area (Å²) in [5.41, 5.74) is 1.54. The predicted molar refractivity (Wildman–Crippen MR) is 43.7 cm³/mol. The van der Waals surface area contributed by atoms with Crippen LogP contribution in [0.3, 0.4) is 0 Å². The molecular formula is C8H9N3O. The average Bonchev–Trinajstić information content (AvgIpc) is 2.47. The summed E-state index contributed by atoms with van der Waals surface area (Å²) in [5, 5.41) is 11.6. The van der Waals surface area contributed by atoms with Crippen LogP contribution in [0.2, 0.25) is 0 Å². The molecule has 2 aromatic heterocycles. The van der Waals surface area contributed by atoms with Gasteiger partial charge in [-0.05, 0) is 6.07 Å². The van der Waals surface area contributed by atoms with Gasteiger partial charge in [0.15, 0.2) is 11.3 Å². The maximum Gasteiger partial charge on any atom is 0.167 e. The zero-order valence-electron chi connectivity index (χ0n) is 6.98. The van der Waals surface area contributed by atoms with Crippen molar-refractivity contribution in [3.8, 4) is 0 Å². The van der Waals surface area contributed by atoms with Crippen LogP contribution in [0.1, 0.15) is 25.5 Å². The summed E-state index contributed by atoms with van der Waals surface area (Å²) in [4.78, 5) is 0. The standard InChI is InChI=1S/C8H9N3O/c1-5(2)8-7-6(11-12-8)3-4-9-10-7/h3-5H,1-2H3. The van der Waals surface area contributed by atoms with E-state index in [1.807, 2.05) is 13.8 Å². The van der Waals surface area contributed by atoms with Crippen molar-refractivity contribution in [3.63, 3.8) is 0 Å². The highest BCUT2D eigenvalue weighted by molar-refractivity contribution is 5.75. The van der Waals surface area contributed by atoms with Crippen molar-refractivity contribution >= 4 is 11.0 Å². The van der Waals surface area contributed by atoms with Crippen molar-refractivity contribution in [1.82, 2.24) is 15.4 Å². The first-order chi connectivity index (χ1) is 5.79. The largest absolute Gasteiger partial charge is 0.358 e. The van der Waals surface area contributed by atoms with Gasteiger partial charge in [-0.25, -0.2) is 0 Å². The molecular weight excluding hydrogens is 154 g/mol. The van der Waals surface area contributed by atoms with E-state index < -0.39 is 0 Å². The highest BCUT2D eigenvalue weighted by Gasteiger charge is 2.12. The van der Waals surface area contributed by atoms with Gasteiger partial charge >= 0.3 is 0 Å².